The summed E-state index contributed by atoms with van der Waals surface area (Å²) in [6.07, 6.45) is 5.65. The number of carbonyl (C=O) groups excluding carboxylic acids is 1. The largest absolute Gasteiger partial charge is 0.465 e. The van der Waals surface area contributed by atoms with Gasteiger partial charge in [-0.2, -0.15) is 0 Å². The molecule has 2 aliphatic rings. The lowest BCUT2D eigenvalue weighted by molar-refractivity contribution is -0.146. The number of ether oxygens (including phenoxy) is 1. The number of nitrogens with zero attached hydrogens (tertiary/aromatic N) is 1. The highest BCUT2D eigenvalue weighted by Gasteiger charge is 2.42. The number of nitrogens with one attached hydrogen (secondary N) is 1. The van der Waals surface area contributed by atoms with Crippen molar-refractivity contribution in [2.45, 2.75) is 70.1 Å². The first-order valence-corrected chi connectivity index (χ1v) is 10.3. The summed E-state index contributed by atoms with van der Waals surface area (Å²) in [6, 6.07) is 9.29. The van der Waals surface area contributed by atoms with Crippen LogP contribution < -0.4 is 5.32 Å². The lowest BCUT2D eigenvalue weighted by Crippen LogP contribution is -2.47. The maximum atomic E-state index is 12.4. The van der Waals surface area contributed by atoms with Gasteiger partial charge >= 0.3 is 5.97 Å². The summed E-state index contributed by atoms with van der Waals surface area (Å²) >= 11 is 6.10. The molecule has 0 aromatic heterocycles. The molecule has 144 valence electrons. The Morgan fingerprint density at radius 2 is 1.85 bits per heavy atom. The molecule has 3 rings (SSSR count). The van der Waals surface area contributed by atoms with Gasteiger partial charge in [-0.15, -0.1) is 0 Å². The number of piperidine rings is 1. The monoisotopic (exact) mass is 378 g/mol. The summed E-state index contributed by atoms with van der Waals surface area (Å²) in [4.78, 5) is 14.9. The van der Waals surface area contributed by atoms with E-state index in [-0.39, 0.29) is 18.1 Å². The molecule has 26 heavy (non-hydrogen) atoms. The number of hydrogen-bond acceptors (Lipinski definition) is 4. The Balaban J connectivity index is 1.82. The van der Waals surface area contributed by atoms with Crippen LogP contribution in [0, 0.1) is 5.92 Å². The molecular formula is C21H31ClN2O2. The number of carbonyl (C=O) groups is 1. The van der Waals surface area contributed by atoms with Crippen LogP contribution in [0.25, 0.3) is 0 Å². The van der Waals surface area contributed by atoms with Gasteiger partial charge < -0.3 is 9.64 Å². The maximum absolute atomic E-state index is 12.4. The van der Waals surface area contributed by atoms with Gasteiger partial charge in [-0.1, -0.05) is 30.7 Å². The predicted molar refractivity (Wildman–Crippen MR) is 105 cm³/mol. The fourth-order valence-corrected chi connectivity index (χ4v) is 4.84. The van der Waals surface area contributed by atoms with Crippen LogP contribution in [0.15, 0.2) is 24.3 Å². The molecule has 0 saturated carbocycles. The fourth-order valence-electron chi connectivity index (χ4n) is 4.71. The van der Waals surface area contributed by atoms with Gasteiger partial charge in [0.15, 0.2) is 0 Å². The average molecular weight is 379 g/mol. The van der Waals surface area contributed by atoms with Gasteiger partial charge in [0.25, 0.3) is 0 Å². The molecule has 5 atom stereocenters. The van der Waals surface area contributed by atoms with Crippen LogP contribution in [0.4, 0.5) is 0 Å². The molecule has 2 heterocycles. The van der Waals surface area contributed by atoms with Crippen molar-refractivity contribution in [2.24, 2.45) is 5.92 Å². The molecule has 2 bridgehead atoms. The smallest absolute Gasteiger partial charge is 0.323 e. The van der Waals surface area contributed by atoms with E-state index in [1.807, 2.05) is 26.0 Å². The molecule has 0 spiro atoms. The van der Waals surface area contributed by atoms with Gasteiger partial charge in [0.2, 0.25) is 0 Å². The minimum atomic E-state index is -0.270. The second-order valence-corrected chi connectivity index (χ2v) is 8.13. The Bertz CT molecular complexity index is 593. The van der Waals surface area contributed by atoms with Gasteiger partial charge in [0.1, 0.15) is 6.04 Å². The van der Waals surface area contributed by atoms with E-state index in [0.29, 0.717) is 24.6 Å². The third kappa shape index (κ3) is 4.24. The molecule has 2 aliphatic heterocycles. The van der Waals surface area contributed by atoms with Gasteiger partial charge in [-0.25, -0.2) is 0 Å². The van der Waals surface area contributed by atoms with E-state index in [2.05, 4.69) is 29.4 Å². The minimum Gasteiger partial charge on any atom is -0.465 e. The van der Waals surface area contributed by atoms with Crippen LogP contribution in [0.5, 0.6) is 0 Å². The van der Waals surface area contributed by atoms with Crippen LogP contribution in [-0.4, -0.2) is 42.6 Å². The van der Waals surface area contributed by atoms with E-state index >= 15 is 0 Å². The molecule has 2 saturated heterocycles. The lowest BCUT2D eigenvalue weighted by atomic mass is 9.81. The average Bonchev–Trinajstić information content (AvgIpc) is 2.84. The zero-order valence-corrected chi connectivity index (χ0v) is 16.8. The maximum Gasteiger partial charge on any atom is 0.323 e. The van der Waals surface area contributed by atoms with Gasteiger partial charge in [0.05, 0.1) is 6.61 Å². The van der Waals surface area contributed by atoms with Gasteiger partial charge in [-0.05, 0) is 69.7 Å². The highest BCUT2D eigenvalue weighted by molar-refractivity contribution is 6.30. The Kier molecular flexibility index (Phi) is 6.60. The third-order valence-corrected chi connectivity index (χ3v) is 6.45. The molecule has 5 heteroatoms. The quantitative estimate of drug-likeness (QED) is 0.722. The van der Waals surface area contributed by atoms with Crippen molar-refractivity contribution in [3.63, 3.8) is 0 Å². The summed E-state index contributed by atoms with van der Waals surface area (Å²) < 4.78 is 5.28. The number of rotatable bonds is 7. The summed E-state index contributed by atoms with van der Waals surface area (Å²) in [5.74, 6) is 0.373. The van der Waals surface area contributed by atoms with Crippen molar-refractivity contribution < 1.29 is 9.53 Å². The van der Waals surface area contributed by atoms with Gasteiger partial charge in [0, 0.05) is 23.1 Å². The number of halogens is 1. The van der Waals surface area contributed by atoms with Crippen molar-refractivity contribution in [3.05, 3.63) is 34.9 Å². The van der Waals surface area contributed by atoms with Crippen molar-refractivity contribution in [1.29, 1.82) is 0 Å². The van der Waals surface area contributed by atoms with Crippen LogP contribution in [-0.2, 0) is 9.53 Å². The molecule has 4 nitrogen and oxygen atoms in total. The Morgan fingerprint density at radius 1 is 1.23 bits per heavy atom. The highest BCUT2D eigenvalue weighted by Crippen LogP contribution is 2.42. The van der Waals surface area contributed by atoms with E-state index in [9.17, 15) is 4.79 Å². The predicted octanol–water partition coefficient (Wildman–Crippen LogP) is 4.19. The summed E-state index contributed by atoms with van der Waals surface area (Å²) in [6.45, 7) is 4.31. The minimum absolute atomic E-state index is 0.148. The molecule has 1 N–H and O–H groups in total. The normalized spacial score (nSPS) is 27.9. The lowest BCUT2D eigenvalue weighted by Gasteiger charge is -2.41. The van der Waals surface area contributed by atoms with Crippen molar-refractivity contribution in [1.82, 2.24) is 10.2 Å². The van der Waals surface area contributed by atoms with E-state index < -0.39 is 0 Å². The Morgan fingerprint density at radius 3 is 2.38 bits per heavy atom. The number of benzene rings is 1. The standard InChI is InChI=1S/C21H31ClN2O2/c1-4-19(21(25)26-5-2)23-20(14-6-8-16(22)9-7-14)15-12-17-10-11-18(13-15)24(17)3/h6-9,15,17-20,23H,4-5,10-13H2,1-3H3/t15?,17-,18+,19-,20-/m0/s1. The van der Waals surface area contributed by atoms with E-state index in [4.69, 9.17) is 16.3 Å². The first-order valence-electron chi connectivity index (χ1n) is 9.93. The zero-order chi connectivity index (χ0) is 18.7. The Labute approximate surface area is 162 Å². The molecule has 0 amide bonds. The van der Waals surface area contributed by atoms with Crippen LogP contribution in [0.1, 0.15) is 57.6 Å². The summed E-state index contributed by atoms with van der Waals surface area (Å²) in [5, 5.41) is 4.39. The zero-order valence-electron chi connectivity index (χ0n) is 16.1. The SMILES string of the molecule is CCOC(=O)[C@H](CC)N[C@@H](c1ccc(Cl)cc1)C1C[C@H]2CC[C@@H](C1)N2C. The highest BCUT2D eigenvalue weighted by atomic mass is 35.5. The molecule has 2 fully saturated rings. The second kappa shape index (κ2) is 8.73. The number of esters is 1. The molecule has 1 aromatic carbocycles. The van der Waals surface area contributed by atoms with Crippen molar-refractivity contribution in [2.75, 3.05) is 13.7 Å². The molecule has 1 unspecified atom stereocenters. The van der Waals surface area contributed by atoms with Gasteiger partial charge in [-0.3, -0.25) is 10.1 Å². The van der Waals surface area contributed by atoms with E-state index in [1.165, 1.54) is 31.2 Å². The van der Waals surface area contributed by atoms with Crippen LogP contribution in [0.2, 0.25) is 5.02 Å². The molecular weight excluding hydrogens is 348 g/mol. The molecule has 0 radical (unpaired) electrons. The Hall–Kier alpha value is -1.10. The summed E-state index contributed by atoms with van der Waals surface area (Å²) in [7, 11) is 2.26. The van der Waals surface area contributed by atoms with Crippen LogP contribution in [0.3, 0.4) is 0 Å². The summed E-state index contributed by atoms with van der Waals surface area (Å²) in [5.41, 5.74) is 1.21. The third-order valence-electron chi connectivity index (χ3n) is 6.20. The molecule has 0 aliphatic carbocycles. The number of fused-ring (bicyclic) bond motifs is 2. The number of hydrogen-bond donors (Lipinski definition) is 1. The van der Waals surface area contributed by atoms with Crippen molar-refractivity contribution in [3.8, 4) is 0 Å². The van der Waals surface area contributed by atoms with Crippen molar-refractivity contribution >= 4 is 17.6 Å². The molecule has 1 aromatic rings. The van der Waals surface area contributed by atoms with E-state index in [0.717, 1.165) is 11.4 Å². The van der Waals surface area contributed by atoms with Crippen LogP contribution >= 0.6 is 11.6 Å². The first-order chi connectivity index (χ1) is 12.5. The first kappa shape index (κ1) is 19.7. The second-order valence-electron chi connectivity index (χ2n) is 7.69. The van der Waals surface area contributed by atoms with E-state index in [1.54, 1.807) is 0 Å². The topological polar surface area (TPSA) is 41.6 Å². The fraction of sp³-hybridized carbons (Fsp3) is 0.667.